The lowest BCUT2D eigenvalue weighted by Gasteiger charge is -2.11. The Hall–Kier alpha value is -5.65. The van der Waals surface area contributed by atoms with Gasteiger partial charge in [0.25, 0.3) is 0 Å². The van der Waals surface area contributed by atoms with Gasteiger partial charge < -0.3 is 4.40 Å². The van der Waals surface area contributed by atoms with Crippen molar-refractivity contribution in [3.05, 3.63) is 133 Å². The fourth-order valence-corrected chi connectivity index (χ4v) is 8.06. The summed E-state index contributed by atoms with van der Waals surface area (Å²) in [6.07, 6.45) is 0. The maximum absolute atomic E-state index is 5.18. The van der Waals surface area contributed by atoms with Crippen molar-refractivity contribution in [1.82, 2.24) is 19.4 Å². The van der Waals surface area contributed by atoms with Crippen LogP contribution in [0.2, 0.25) is 0 Å². The molecule has 0 aliphatic rings. The van der Waals surface area contributed by atoms with Gasteiger partial charge in [-0.1, -0.05) is 109 Å². The molecule has 44 heavy (non-hydrogen) atoms. The molecular weight excluding hydrogens is 557 g/mol. The van der Waals surface area contributed by atoms with E-state index in [1.807, 2.05) is 47.7 Å². The van der Waals surface area contributed by atoms with E-state index in [-0.39, 0.29) is 0 Å². The summed E-state index contributed by atoms with van der Waals surface area (Å²) in [6, 6.07) is 47.0. The maximum Gasteiger partial charge on any atom is 0.166 e. The number of benzene rings is 6. The smallest absolute Gasteiger partial charge is 0.166 e. The molecule has 4 heterocycles. The molecule has 10 rings (SSSR count). The van der Waals surface area contributed by atoms with Crippen molar-refractivity contribution < 1.29 is 0 Å². The van der Waals surface area contributed by atoms with E-state index < -0.39 is 0 Å². The summed E-state index contributed by atoms with van der Waals surface area (Å²) in [5.74, 6) is 1.99. The third-order valence-corrected chi connectivity index (χ3v) is 9.90. The summed E-state index contributed by atoms with van der Waals surface area (Å²) in [6.45, 7) is 0. The van der Waals surface area contributed by atoms with Crippen LogP contribution in [0, 0.1) is 0 Å². The standard InChI is InChI=1S/C39H22N4S/c1-3-11-23(12-4-1)37-40-38(24-13-5-2-6-14-24)42-39(41-37)29-21-22-32-34-33-26(16-10-20-31(33)44-32)28-18-9-17-27-25-15-7-8-19-30(25)43(35(27)28)36(29)34/h1-22H. The first kappa shape index (κ1) is 23.9. The molecule has 0 radical (unpaired) electrons. The van der Waals surface area contributed by atoms with Gasteiger partial charge in [-0.2, -0.15) is 0 Å². The highest BCUT2D eigenvalue weighted by Crippen LogP contribution is 2.47. The van der Waals surface area contributed by atoms with Crippen molar-refractivity contribution in [3.8, 4) is 34.2 Å². The lowest BCUT2D eigenvalue weighted by molar-refractivity contribution is 1.07. The van der Waals surface area contributed by atoms with Crippen molar-refractivity contribution >= 4 is 69.6 Å². The van der Waals surface area contributed by atoms with E-state index in [9.17, 15) is 0 Å². The lowest BCUT2D eigenvalue weighted by Crippen LogP contribution is -2.01. The molecule has 0 atom stereocenters. The topological polar surface area (TPSA) is 43.1 Å². The summed E-state index contributed by atoms with van der Waals surface area (Å²) in [5, 5.41) is 7.55. The number of nitrogens with zero attached hydrogens (tertiary/aromatic N) is 4. The minimum Gasteiger partial charge on any atom is -0.307 e. The van der Waals surface area contributed by atoms with Crippen LogP contribution in [0.5, 0.6) is 0 Å². The van der Waals surface area contributed by atoms with E-state index in [0.717, 1.165) is 22.2 Å². The molecule has 0 saturated heterocycles. The zero-order chi connectivity index (χ0) is 28.8. The van der Waals surface area contributed by atoms with E-state index in [1.165, 1.54) is 52.8 Å². The van der Waals surface area contributed by atoms with E-state index >= 15 is 0 Å². The van der Waals surface area contributed by atoms with Crippen molar-refractivity contribution in [2.24, 2.45) is 0 Å². The minimum atomic E-state index is 0.661. The van der Waals surface area contributed by atoms with Crippen LogP contribution in [0.3, 0.4) is 0 Å². The van der Waals surface area contributed by atoms with Gasteiger partial charge in [-0.15, -0.1) is 11.3 Å². The summed E-state index contributed by atoms with van der Waals surface area (Å²) in [7, 11) is 0. The van der Waals surface area contributed by atoms with E-state index in [0.29, 0.717) is 17.5 Å². The van der Waals surface area contributed by atoms with Gasteiger partial charge in [-0.25, -0.2) is 15.0 Å². The van der Waals surface area contributed by atoms with Crippen LogP contribution in [0.4, 0.5) is 0 Å². The number of aromatic nitrogens is 4. The van der Waals surface area contributed by atoms with Gasteiger partial charge in [-0.3, -0.25) is 0 Å². The van der Waals surface area contributed by atoms with Crippen molar-refractivity contribution in [3.63, 3.8) is 0 Å². The van der Waals surface area contributed by atoms with Gasteiger partial charge in [0.05, 0.1) is 16.6 Å². The quantitative estimate of drug-likeness (QED) is 0.209. The third-order valence-electron chi connectivity index (χ3n) is 8.78. The second-order valence-corrected chi connectivity index (χ2v) is 12.3. The maximum atomic E-state index is 5.18. The molecule has 204 valence electrons. The largest absolute Gasteiger partial charge is 0.307 e. The average Bonchev–Trinajstić information content (AvgIpc) is 3.60. The van der Waals surface area contributed by atoms with E-state index in [1.54, 1.807) is 0 Å². The van der Waals surface area contributed by atoms with Crippen LogP contribution in [0.15, 0.2) is 133 Å². The van der Waals surface area contributed by atoms with Gasteiger partial charge in [0.2, 0.25) is 0 Å². The molecule has 0 N–H and O–H groups in total. The van der Waals surface area contributed by atoms with Crippen LogP contribution in [-0.2, 0) is 0 Å². The zero-order valence-corrected chi connectivity index (χ0v) is 24.2. The molecule has 4 nitrogen and oxygen atoms in total. The predicted molar refractivity (Wildman–Crippen MR) is 184 cm³/mol. The molecule has 0 unspecified atom stereocenters. The minimum absolute atomic E-state index is 0.661. The van der Waals surface area contributed by atoms with Crippen LogP contribution in [-0.4, -0.2) is 19.4 Å². The second-order valence-electron chi connectivity index (χ2n) is 11.2. The Balaban J connectivity index is 1.45. The first-order chi connectivity index (χ1) is 21.8. The van der Waals surface area contributed by atoms with Gasteiger partial charge in [0, 0.05) is 53.0 Å². The number of rotatable bonds is 3. The van der Waals surface area contributed by atoms with Crippen LogP contribution in [0.25, 0.3) is 92.4 Å². The van der Waals surface area contributed by atoms with Gasteiger partial charge in [-0.05, 0) is 29.7 Å². The first-order valence-corrected chi connectivity index (χ1v) is 15.5. The molecule has 0 fully saturated rings. The summed E-state index contributed by atoms with van der Waals surface area (Å²) in [5.41, 5.74) is 6.43. The monoisotopic (exact) mass is 578 g/mol. The highest BCUT2D eigenvalue weighted by molar-refractivity contribution is 7.26. The number of hydrogen-bond acceptors (Lipinski definition) is 4. The lowest BCUT2D eigenvalue weighted by atomic mass is 10.0. The van der Waals surface area contributed by atoms with Crippen molar-refractivity contribution in [1.29, 1.82) is 0 Å². The average molecular weight is 579 g/mol. The van der Waals surface area contributed by atoms with Crippen LogP contribution >= 0.6 is 11.3 Å². The summed E-state index contributed by atoms with van der Waals surface area (Å²) in [4.78, 5) is 15.3. The van der Waals surface area contributed by atoms with Crippen molar-refractivity contribution in [2.75, 3.05) is 0 Å². The zero-order valence-electron chi connectivity index (χ0n) is 23.4. The second kappa shape index (κ2) is 8.93. The van der Waals surface area contributed by atoms with Gasteiger partial charge in [0.15, 0.2) is 17.5 Å². The van der Waals surface area contributed by atoms with Crippen LogP contribution < -0.4 is 0 Å². The fourth-order valence-electron chi connectivity index (χ4n) is 6.93. The van der Waals surface area contributed by atoms with Gasteiger partial charge >= 0.3 is 0 Å². The summed E-state index contributed by atoms with van der Waals surface area (Å²) < 4.78 is 5.01. The van der Waals surface area contributed by atoms with Crippen molar-refractivity contribution in [2.45, 2.75) is 0 Å². The Morgan fingerprint density at radius 1 is 0.409 bits per heavy atom. The SMILES string of the molecule is c1ccc(-c2nc(-c3ccccc3)nc(-c3ccc4sc5cccc6c7cccc8c9ccccc9n(c3c4c56)c78)n2)cc1. The molecule has 0 aliphatic heterocycles. The molecule has 0 aliphatic carbocycles. The van der Waals surface area contributed by atoms with Crippen LogP contribution in [0.1, 0.15) is 0 Å². The van der Waals surface area contributed by atoms with Gasteiger partial charge in [0.1, 0.15) is 0 Å². The van der Waals surface area contributed by atoms with E-state index in [4.69, 9.17) is 15.0 Å². The normalized spacial score (nSPS) is 12.1. The Kier molecular flexibility index (Phi) is 4.84. The summed E-state index contributed by atoms with van der Waals surface area (Å²) >= 11 is 1.85. The first-order valence-electron chi connectivity index (χ1n) is 14.7. The molecule has 0 amide bonds. The van der Waals surface area contributed by atoms with E-state index in [2.05, 4.69) is 101 Å². The Bertz CT molecular complexity index is 2650. The predicted octanol–water partition coefficient (Wildman–Crippen LogP) is 10.4. The Morgan fingerprint density at radius 3 is 1.73 bits per heavy atom. The number of fused-ring (bicyclic) bond motifs is 5. The molecule has 6 aromatic carbocycles. The highest BCUT2D eigenvalue weighted by Gasteiger charge is 2.23. The molecule has 10 aromatic rings. The molecule has 0 saturated carbocycles. The highest BCUT2D eigenvalue weighted by atomic mass is 32.1. The molecule has 0 spiro atoms. The Labute approximate surface area is 255 Å². The number of thiophene rings is 1. The molecular formula is C39H22N4S. The number of para-hydroxylation sites is 2. The Morgan fingerprint density at radius 2 is 0.977 bits per heavy atom. The molecule has 5 heteroatoms. The number of hydrogen-bond donors (Lipinski definition) is 0. The third kappa shape index (κ3) is 3.24. The molecule has 0 bridgehead atoms. The molecule has 4 aromatic heterocycles. The fraction of sp³-hybridized carbons (Fsp3) is 0.